The SMILES string of the molecule is O=C(Nc1cccc(CCl)c1)c1c(O)cccc1O. The highest BCUT2D eigenvalue weighted by atomic mass is 35.5. The predicted molar refractivity (Wildman–Crippen MR) is 73.7 cm³/mol. The molecular formula is C14H12ClNO3. The quantitative estimate of drug-likeness (QED) is 0.755. The van der Waals surface area contributed by atoms with Crippen molar-refractivity contribution < 1.29 is 15.0 Å². The molecule has 0 aliphatic heterocycles. The van der Waals surface area contributed by atoms with E-state index in [0.717, 1.165) is 5.56 Å². The van der Waals surface area contributed by atoms with Gasteiger partial charge in [-0.2, -0.15) is 0 Å². The number of benzene rings is 2. The Morgan fingerprint density at radius 1 is 1.11 bits per heavy atom. The zero-order valence-corrected chi connectivity index (χ0v) is 10.7. The molecule has 0 saturated carbocycles. The van der Waals surface area contributed by atoms with E-state index in [9.17, 15) is 15.0 Å². The number of amides is 1. The number of phenolic OH excluding ortho intramolecular Hbond substituents is 2. The van der Waals surface area contributed by atoms with Gasteiger partial charge in [0.1, 0.15) is 17.1 Å². The highest BCUT2D eigenvalue weighted by molar-refractivity contribution is 6.17. The van der Waals surface area contributed by atoms with Gasteiger partial charge in [0.15, 0.2) is 0 Å². The van der Waals surface area contributed by atoms with Crippen LogP contribution in [-0.2, 0) is 5.88 Å². The number of aromatic hydroxyl groups is 2. The summed E-state index contributed by atoms with van der Waals surface area (Å²) in [4.78, 5) is 12.0. The Balaban J connectivity index is 2.26. The first kappa shape index (κ1) is 13.2. The second kappa shape index (κ2) is 5.63. The fraction of sp³-hybridized carbons (Fsp3) is 0.0714. The number of halogens is 1. The molecule has 0 aliphatic rings. The zero-order valence-electron chi connectivity index (χ0n) is 9.93. The number of alkyl halides is 1. The molecule has 5 heteroatoms. The van der Waals surface area contributed by atoms with E-state index in [0.29, 0.717) is 11.6 Å². The van der Waals surface area contributed by atoms with Gasteiger partial charge in [-0.3, -0.25) is 4.79 Å². The summed E-state index contributed by atoms with van der Waals surface area (Å²) in [6, 6.07) is 11.1. The second-order valence-electron chi connectivity index (χ2n) is 3.96. The van der Waals surface area contributed by atoms with Crippen molar-refractivity contribution >= 4 is 23.2 Å². The van der Waals surface area contributed by atoms with Crippen molar-refractivity contribution in [2.24, 2.45) is 0 Å². The van der Waals surface area contributed by atoms with E-state index in [1.807, 2.05) is 6.07 Å². The Morgan fingerprint density at radius 3 is 2.37 bits per heavy atom. The third-order valence-corrected chi connectivity index (χ3v) is 2.90. The van der Waals surface area contributed by atoms with Crippen molar-refractivity contribution in [2.45, 2.75) is 5.88 Å². The molecule has 0 bridgehead atoms. The van der Waals surface area contributed by atoms with E-state index in [-0.39, 0.29) is 17.1 Å². The smallest absolute Gasteiger partial charge is 0.263 e. The molecule has 3 N–H and O–H groups in total. The van der Waals surface area contributed by atoms with Gasteiger partial charge in [0, 0.05) is 11.6 Å². The average Bonchev–Trinajstić information content (AvgIpc) is 2.38. The molecule has 2 aromatic carbocycles. The van der Waals surface area contributed by atoms with Gasteiger partial charge in [0.2, 0.25) is 0 Å². The minimum absolute atomic E-state index is 0.154. The third kappa shape index (κ3) is 2.98. The van der Waals surface area contributed by atoms with Gasteiger partial charge >= 0.3 is 0 Å². The zero-order chi connectivity index (χ0) is 13.8. The molecule has 0 atom stereocenters. The van der Waals surface area contributed by atoms with Crippen molar-refractivity contribution in [3.05, 3.63) is 53.6 Å². The fourth-order valence-electron chi connectivity index (χ4n) is 1.69. The van der Waals surface area contributed by atoms with Crippen molar-refractivity contribution in [1.29, 1.82) is 0 Å². The van der Waals surface area contributed by atoms with Crippen LogP contribution in [0.25, 0.3) is 0 Å². The Bertz CT molecular complexity index is 593. The number of hydrogen-bond donors (Lipinski definition) is 3. The first-order chi connectivity index (χ1) is 9.11. The van der Waals surface area contributed by atoms with Crippen LogP contribution in [0.3, 0.4) is 0 Å². The van der Waals surface area contributed by atoms with Crippen molar-refractivity contribution in [3.8, 4) is 11.5 Å². The molecule has 0 aromatic heterocycles. The number of hydrogen-bond acceptors (Lipinski definition) is 3. The molecule has 98 valence electrons. The van der Waals surface area contributed by atoms with Crippen LogP contribution in [0, 0.1) is 0 Å². The largest absolute Gasteiger partial charge is 0.507 e. The molecule has 19 heavy (non-hydrogen) atoms. The lowest BCUT2D eigenvalue weighted by Gasteiger charge is -2.09. The molecule has 0 heterocycles. The number of rotatable bonds is 3. The van der Waals surface area contributed by atoms with Crippen LogP contribution < -0.4 is 5.32 Å². The highest BCUT2D eigenvalue weighted by Gasteiger charge is 2.16. The Kier molecular flexibility index (Phi) is 3.92. The Morgan fingerprint density at radius 2 is 1.74 bits per heavy atom. The van der Waals surface area contributed by atoms with Crippen LogP contribution in [-0.4, -0.2) is 16.1 Å². The van der Waals surface area contributed by atoms with Crippen LogP contribution in [0.2, 0.25) is 0 Å². The first-order valence-electron chi connectivity index (χ1n) is 5.59. The van der Waals surface area contributed by atoms with Crippen molar-refractivity contribution in [3.63, 3.8) is 0 Å². The maximum absolute atomic E-state index is 12.0. The summed E-state index contributed by atoms with van der Waals surface area (Å²) >= 11 is 5.71. The van der Waals surface area contributed by atoms with Gasteiger partial charge in [-0.25, -0.2) is 0 Å². The second-order valence-corrected chi connectivity index (χ2v) is 4.23. The molecule has 0 radical (unpaired) electrons. The maximum Gasteiger partial charge on any atom is 0.263 e. The van der Waals surface area contributed by atoms with E-state index in [2.05, 4.69) is 5.32 Å². The standard InChI is InChI=1S/C14H12ClNO3/c15-8-9-3-1-4-10(7-9)16-14(19)13-11(17)5-2-6-12(13)18/h1-7,17-18H,8H2,(H,16,19). The van der Waals surface area contributed by atoms with Gasteiger partial charge in [-0.05, 0) is 29.8 Å². The minimum Gasteiger partial charge on any atom is -0.507 e. The van der Waals surface area contributed by atoms with Crippen molar-refractivity contribution in [1.82, 2.24) is 0 Å². The topological polar surface area (TPSA) is 69.6 Å². The van der Waals surface area contributed by atoms with Crippen LogP contribution in [0.4, 0.5) is 5.69 Å². The van der Waals surface area contributed by atoms with Gasteiger partial charge in [0.05, 0.1) is 0 Å². The monoisotopic (exact) mass is 277 g/mol. The third-order valence-electron chi connectivity index (χ3n) is 2.59. The molecule has 2 aromatic rings. The molecular weight excluding hydrogens is 266 g/mol. The van der Waals surface area contributed by atoms with Crippen LogP contribution in [0.15, 0.2) is 42.5 Å². The first-order valence-corrected chi connectivity index (χ1v) is 6.12. The summed E-state index contributed by atoms with van der Waals surface area (Å²) in [6.45, 7) is 0. The average molecular weight is 278 g/mol. The number of phenols is 2. The van der Waals surface area contributed by atoms with Crippen LogP contribution in [0.1, 0.15) is 15.9 Å². The Hall–Kier alpha value is -2.20. The number of nitrogens with one attached hydrogen (secondary N) is 1. The molecule has 0 fully saturated rings. The molecule has 1 amide bonds. The van der Waals surface area contributed by atoms with Gasteiger partial charge < -0.3 is 15.5 Å². The molecule has 0 unspecified atom stereocenters. The van der Waals surface area contributed by atoms with Crippen LogP contribution >= 0.6 is 11.6 Å². The molecule has 4 nitrogen and oxygen atoms in total. The summed E-state index contributed by atoms with van der Waals surface area (Å²) in [5.74, 6) is -0.787. The van der Waals surface area contributed by atoms with E-state index >= 15 is 0 Å². The normalized spacial score (nSPS) is 10.2. The van der Waals surface area contributed by atoms with Gasteiger partial charge in [-0.15, -0.1) is 11.6 Å². The maximum atomic E-state index is 12.0. The summed E-state index contributed by atoms with van der Waals surface area (Å²) < 4.78 is 0. The lowest BCUT2D eigenvalue weighted by atomic mass is 10.1. The molecule has 2 rings (SSSR count). The summed E-state index contributed by atoms with van der Waals surface area (Å²) in [5, 5.41) is 21.8. The van der Waals surface area contributed by atoms with Crippen LogP contribution in [0.5, 0.6) is 11.5 Å². The van der Waals surface area contributed by atoms with Crippen molar-refractivity contribution in [2.75, 3.05) is 5.32 Å². The van der Waals surface area contributed by atoms with E-state index in [4.69, 9.17) is 11.6 Å². The number of carbonyl (C=O) groups is 1. The number of anilines is 1. The van der Waals surface area contributed by atoms with E-state index in [1.54, 1.807) is 18.2 Å². The molecule has 0 aliphatic carbocycles. The van der Waals surface area contributed by atoms with Gasteiger partial charge in [-0.1, -0.05) is 18.2 Å². The van der Waals surface area contributed by atoms with Gasteiger partial charge in [0.25, 0.3) is 5.91 Å². The molecule has 0 saturated heterocycles. The summed E-state index contributed by atoms with van der Waals surface area (Å²) in [6.07, 6.45) is 0. The van der Waals surface area contributed by atoms with E-state index in [1.165, 1.54) is 18.2 Å². The highest BCUT2D eigenvalue weighted by Crippen LogP contribution is 2.27. The van der Waals surface area contributed by atoms with E-state index < -0.39 is 5.91 Å². The fourth-order valence-corrected chi connectivity index (χ4v) is 1.85. The lowest BCUT2D eigenvalue weighted by Crippen LogP contribution is -2.12. The number of carbonyl (C=O) groups excluding carboxylic acids is 1. The summed E-state index contributed by atoms with van der Waals surface area (Å²) in [7, 11) is 0. The predicted octanol–water partition coefficient (Wildman–Crippen LogP) is 3.09. The lowest BCUT2D eigenvalue weighted by molar-refractivity contribution is 0.102. The Labute approximate surface area is 115 Å². The molecule has 0 spiro atoms. The minimum atomic E-state index is -0.581. The summed E-state index contributed by atoms with van der Waals surface area (Å²) in [5.41, 5.74) is 1.26.